The Bertz CT molecular complexity index is 829. The van der Waals surface area contributed by atoms with Crippen LogP contribution in [-0.2, 0) is 11.2 Å². The second-order valence-electron chi connectivity index (χ2n) is 5.25. The minimum atomic E-state index is -0.0911. The first-order valence-corrected chi connectivity index (χ1v) is 8.28. The molecule has 2 heterocycles. The van der Waals surface area contributed by atoms with Crippen LogP contribution in [0.25, 0.3) is 10.4 Å². The van der Waals surface area contributed by atoms with Crippen molar-refractivity contribution < 1.29 is 9.53 Å². The number of nitrogens with zero attached hydrogens (tertiary/aromatic N) is 2. The molecular weight excluding hydrogens is 322 g/mol. The number of anilines is 1. The summed E-state index contributed by atoms with van der Waals surface area (Å²) in [6.45, 7) is 1.93. The van der Waals surface area contributed by atoms with Crippen LogP contribution in [0.1, 0.15) is 11.3 Å². The number of hydrogen-bond acceptors (Lipinski definition) is 5. The molecule has 0 radical (unpaired) electrons. The average Bonchev–Trinajstić information content (AvgIpc) is 2.96. The van der Waals surface area contributed by atoms with Crippen LogP contribution in [0, 0.1) is 6.92 Å². The zero-order valence-corrected chi connectivity index (χ0v) is 14.3. The van der Waals surface area contributed by atoms with Crippen LogP contribution in [0.2, 0.25) is 0 Å². The second kappa shape index (κ2) is 7.23. The van der Waals surface area contributed by atoms with Crippen LogP contribution in [0.4, 0.5) is 5.13 Å². The van der Waals surface area contributed by atoms with E-state index in [1.165, 1.54) is 11.3 Å². The van der Waals surface area contributed by atoms with Gasteiger partial charge in [0.2, 0.25) is 5.91 Å². The molecule has 3 rings (SSSR count). The maximum atomic E-state index is 12.2. The topological polar surface area (TPSA) is 64.1 Å². The smallest absolute Gasteiger partial charge is 0.230 e. The molecule has 24 heavy (non-hydrogen) atoms. The van der Waals surface area contributed by atoms with Gasteiger partial charge in [-0.3, -0.25) is 9.78 Å². The normalized spacial score (nSPS) is 10.4. The minimum Gasteiger partial charge on any atom is -0.497 e. The summed E-state index contributed by atoms with van der Waals surface area (Å²) in [5.74, 6) is 0.683. The third-order valence-corrected chi connectivity index (χ3v) is 4.61. The van der Waals surface area contributed by atoms with Crippen LogP contribution in [0.5, 0.6) is 5.75 Å². The summed E-state index contributed by atoms with van der Waals surface area (Å²) in [5.41, 5.74) is 2.81. The lowest BCUT2D eigenvalue weighted by atomic mass is 10.1. The number of thiazole rings is 1. The fourth-order valence-corrected chi connectivity index (χ4v) is 3.28. The fraction of sp³-hybridized carbons (Fsp3) is 0.167. The SMILES string of the molecule is COc1ccc(CC(=O)Nc2nc(C)c(-c3cccnc3)s2)cc1. The highest BCUT2D eigenvalue weighted by Gasteiger charge is 2.12. The van der Waals surface area contributed by atoms with Crippen LogP contribution >= 0.6 is 11.3 Å². The molecule has 1 N–H and O–H groups in total. The zero-order chi connectivity index (χ0) is 16.9. The minimum absolute atomic E-state index is 0.0911. The highest BCUT2D eigenvalue weighted by Crippen LogP contribution is 2.32. The van der Waals surface area contributed by atoms with E-state index in [2.05, 4.69) is 15.3 Å². The van der Waals surface area contributed by atoms with E-state index in [0.717, 1.165) is 27.4 Å². The largest absolute Gasteiger partial charge is 0.497 e. The highest BCUT2D eigenvalue weighted by molar-refractivity contribution is 7.19. The summed E-state index contributed by atoms with van der Waals surface area (Å²) in [4.78, 5) is 21.8. The van der Waals surface area contributed by atoms with E-state index in [-0.39, 0.29) is 5.91 Å². The molecule has 0 atom stereocenters. The average molecular weight is 339 g/mol. The lowest BCUT2D eigenvalue weighted by molar-refractivity contribution is -0.115. The summed E-state index contributed by atoms with van der Waals surface area (Å²) in [6.07, 6.45) is 3.83. The van der Waals surface area contributed by atoms with Crippen molar-refractivity contribution in [2.75, 3.05) is 12.4 Å². The lowest BCUT2D eigenvalue weighted by Gasteiger charge is -2.03. The molecule has 0 bridgehead atoms. The number of amides is 1. The molecule has 0 saturated heterocycles. The number of carbonyl (C=O) groups excluding carboxylic acids is 1. The van der Waals surface area contributed by atoms with Gasteiger partial charge in [0.05, 0.1) is 24.1 Å². The molecule has 0 aliphatic heterocycles. The Morgan fingerprint density at radius 2 is 2.04 bits per heavy atom. The van der Waals surface area contributed by atoms with Gasteiger partial charge >= 0.3 is 0 Å². The number of ether oxygens (including phenoxy) is 1. The predicted octanol–water partition coefficient (Wildman–Crippen LogP) is 3.70. The van der Waals surface area contributed by atoms with Crippen LogP contribution in [0.3, 0.4) is 0 Å². The molecule has 1 amide bonds. The van der Waals surface area contributed by atoms with Gasteiger partial charge in [0.1, 0.15) is 5.75 Å². The van der Waals surface area contributed by atoms with E-state index in [9.17, 15) is 4.79 Å². The number of methoxy groups -OCH3 is 1. The van der Waals surface area contributed by atoms with Crippen LogP contribution < -0.4 is 10.1 Å². The Labute approximate surface area is 144 Å². The highest BCUT2D eigenvalue weighted by atomic mass is 32.1. The first kappa shape index (κ1) is 16.1. The van der Waals surface area contributed by atoms with E-state index < -0.39 is 0 Å². The number of carbonyl (C=O) groups is 1. The number of pyridine rings is 1. The van der Waals surface area contributed by atoms with Crippen molar-refractivity contribution in [1.82, 2.24) is 9.97 Å². The van der Waals surface area contributed by atoms with E-state index in [0.29, 0.717) is 11.6 Å². The third-order valence-electron chi connectivity index (χ3n) is 3.49. The number of benzene rings is 1. The summed E-state index contributed by atoms with van der Waals surface area (Å²) in [6, 6.07) is 11.3. The van der Waals surface area contributed by atoms with Gasteiger partial charge in [-0.1, -0.05) is 29.5 Å². The summed E-state index contributed by atoms with van der Waals surface area (Å²) >= 11 is 1.45. The Kier molecular flexibility index (Phi) is 4.86. The molecule has 5 nitrogen and oxygen atoms in total. The molecule has 0 spiro atoms. The van der Waals surface area contributed by atoms with Crippen molar-refractivity contribution in [3.05, 3.63) is 60.0 Å². The van der Waals surface area contributed by atoms with Crippen molar-refractivity contribution in [2.24, 2.45) is 0 Å². The fourth-order valence-electron chi connectivity index (χ4n) is 2.31. The molecule has 0 unspecified atom stereocenters. The Hall–Kier alpha value is -2.73. The quantitative estimate of drug-likeness (QED) is 0.770. The number of aryl methyl sites for hydroxylation is 1. The number of rotatable bonds is 5. The van der Waals surface area contributed by atoms with Gasteiger partial charge in [0.25, 0.3) is 0 Å². The Morgan fingerprint density at radius 1 is 1.25 bits per heavy atom. The van der Waals surface area contributed by atoms with Crippen molar-refractivity contribution in [3.63, 3.8) is 0 Å². The maximum Gasteiger partial charge on any atom is 0.230 e. The van der Waals surface area contributed by atoms with E-state index >= 15 is 0 Å². The number of hydrogen-bond donors (Lipinski definition) is 1. The second-order valence-corrected chi connectivity index (χ2v) is 6.25. The number of nitrogens with one attached hydrogen (secondary N) is 1. The lowest BCUT2D eigenvalue weighted by Crippen LogP contribution is -2.14. The first-order valence-electron chi connectivity index (χ1n) is 7.46. The van der Waals surface area contributed by atoms with Crippen molar-refractivity contribution >= 4 is 22.4 Å². The number of aromatic nitrogens is 2. The summed E-state index contributed by atoms with van der Waals surface area (Å²) in [7, 11) is 1.62. The molecule has 0 fully saturated rings. The van der Waals surface area contributed by atoms with Gasteiger partial charge in [-0.25, -0.2) is 4.98 Å². The molecular formula is C18H17N3O2S. The van der Waals surface area contributed by atoms with Gasteiger partial charge in [0, 0.05) is 18.0 Å². The van der Waals surface area contributed by atoms with Crippen molar-refractivity contribution in [1.29, 1.82) is 0 Å². The summed E-state index contributed by atoms with van der Waals surface area (Å²) < 4.78 is 5.11. The first-order chi connectivity index (χ1) is 11.7. The monoisotopic (exact) mass is 339 g/mol. The van der Waals surface area contributed by atoms with E-state index in [4.69, 9.17) is 4.74 Å². The van der Waals surface area contributed by atoms with Crippen LogP contribution in [-0.4, -0.2) is 23.0 Å². The van der Waals surface area contributed by atoms with Crippen LogP contribution in [0.15, 0.2) is 48.8 Å². The van der Waals surface area contributed by atoms with Crippen molar-refractivity contribution in [3.8, 4) is 16.2 Å². The van der Waals surface area contributed by atoms with E-state index in [1.54, 1.807) is 19.5 Å². The van der Waals surface area contributed by atoms with Crippen molar-refractivity contribution in [2.45, 2.75) is 13.3 Å². The molecule has 0 saturated carbocycles. The molecule has 0 aliphatic carbocycles. The van der Waals surface area contributed by atoms with E-state index in [1.807, 2.05) is 43.3 Å². The molecule has 2 aromatic heterocycles. The maximum absolute atomic E-state index is 12.2. The van der Waals surface area contributed by atoms with Gasteiger partial charge in [0.15, 0.2) is 5.13 Å². The summed E-state index contributed by atoms with van der Waals surface area (Å²) in [5, 5.41) is 3.47. The molecule has 6 heteroatoms. The Morgan fingerprint density at radius 3 is 2.71 bits per heavy atom. The predicted molar refractivity (Wildman–Crippen MR) is 95.4 cm³/mol. The van der Waals surface area contributed by atoms with Gasteiger partial charge in [-0.2, -0.15) is 0 Å². The third kappa shape index (κ3) is 3.78. The molecule has 3 aromatic rings. The zero-order valence-electron chi connectivity index (χ0n) is 13.4. The Balaban J connectivity index is 1.68. The molecule has 0 aliphatic rings. The van der Waals surface area contributed by atoms with Gasteiger partial charge in [-0.15, -0.1) is 0 Å². The molecule has 122 valence electrons. The molecule has 1 aromatic carbocycles. The standard InChI is InChI=1S/C18H17N3O2S/c1-12-17(14-4-3-9-19-11-14)24-18(20-12)21-16(22)10-13-5-7-15(23-2)8-6-13/h3-9,11H,10H2,1-2H3,(H,20,21,22). The van der Waals surface area contributed by atoms with Gasteiger partial charge < -0.3 is 10.1 Å². The van der Waals surface area contributed by atoms with Gasteiger partial charge in [-0.05, 0) is 30.7 Å².